The maximum Gasteiger partial charge on any atom is 0.249 e. The number of aliphatic hydroxyl groups is 1. The lowest BCUT2D eigenvalue weighted by atomic mass is 10.2. The summed E-state index contributed by atoms with van der Waals surface area (Å²) in [5.74, 6) is -0.727. The maximum absolute atomic E-state index is 10.5. The monoisotopic (exact) mass is 158 g/mol. The Kier molecular flexibility index (Phi) is 4.49. The number of carbonyl (C=O) groups is 1. The lowest BCUT2D eigenvalue weighted by molar-refractivity contribution is -0.134. The second kappa shape index (κ2) is 4.87. The molecule has 0 aromatic rings. The second-order valence-electron chi connectivity index (χ2n) is 2.01. The molecule has 1 radical (unpaired) electrons. The van der Waals surface area contributed by atoms with E-state index in [1.165, 1.54) is 6.08 Å². The normalized spacial score (nSPS) is 15.5. The summed E-state index contributed by atoms with van der Waals surface area (Å²) in [5.41, 5.74) is 4.88. The van der Waals surface area contributed by atoms with Gasteiger partial charge < -0.3 is 15.6 Å². The molecule has 2 unspecified atom stereocenters. The fraction of sp³-hybridized carbons (Fsp3) is 0.429. The van der Waals surface area contributed by atoms with Crippen molar-refractivity contribution in [3.63, 3.8) is 0 Å². The Morgan fingerprint density at radius 2 is 2.36 bits per heavy atom. The van der Waals surface area contributed by atoms with Gasteiger partial charge >= 0.3 is 0 Å². The zero-order chi connectivity index (χ0) is 8.85. The largest absolute Gasteiger partial charge is 0.390 e. The number of ether oxygens (including phenoxy) is 1. The van der Waals surface area contributed by atoms with E-state index in [0.717, 1.165) is 0 Å². The van der Waals surface area contributed by atoms with Crippen molar-refractivity contribution in [2.45, 2.75) is 12.2 Å². The number of nitrogens with two attached hydrogens (primary N) is 1. The van der Waals surface area contributed by atoms with Crippen LogP contribution < -0.4 is 5.73 Å². The molecule has 0 spiro atoms. The maximum atomic E-state index is 10.5. The predicted octanol–water partition coefficient (Wildman–Crippen LogP) is -0.762. The molecule has 0 heterocycles. The van der Waals surface area contributed by atoms with Gasteiger partial charge in [0.1, 0.15) is 0 Å². The second-order valence-corrected chi connectivity index (χ2v) is 2.01. The van der Waals surface area contributed by atoms with E-state index in [0.29, 0.717) is 0 Å². The highest BCUT2D eigenvalue weighted by Gasteiger charge is 2.20. The molecule has 0 aliphatic heterocycles. The van der Waals surface area contributed by atoms with E-state index in [1.54, 1.807) is 0 Å². The molecular formula is C7H12NO3. The number of hydrogen-bond donors (Lipinski definition) is 2. The Morgan fingerprint density at radius 1 is 1.82 bits per heavy atom. The van der Waals surface area contributed by atoms with Crippen molar-refractivity contribution in [2.24, 2.45) is 5.73 Å². The summed E-state index contributed by atoms with van der Waals surface area (Å²) < 4.78 is 4.81. The first-order valence-corrected chi connectivity index (χ1v) is 3.12. The van der Waals surface area contributed by atoms with E-state index in [9.17, 15) is 4.79 Å². The van der Waals surface area contributed by atoms with Gasteiger partial charge in [-0.2, -0.15) is 0 Å². The molecule has 0 aliphatic rings. The summed E-state index contributed by atoms with van der Waals surface area (Å²) in [7, 11) is 0. The van der Waals surface area contributed by atoms with Gasteiger partial charge in [-0.1, -0.05) is 6.08 Å². The van der Waals surface area contributed by atoms with Crippen LogP contribution in [0.25, 0.3) is 0 Å². The van der Waals surface area contributed by atoms with Gasteiger partial charge in [0.25, 0.3) is 0 Å². The van der Waals surface area contributed by atoms with Crippen LogP contribution in [-0.4, -0.2) is 29.8 Å². The molecule has 4 heteroatoms. The first-order valence-electron chi connectivity index (χ1n) is 3.12. The molecule has 63 valence electrons. The lowest BCUT2D eigenvalue weighted by Crippen LogP contribution is -2.39. The van der Waals surface area contributed by atoms with Crippen LogP contribution in [0.5, 0.6) is 0 Å². The topological polar surface area (TPSA) is 72.6 Å². The van der Waals surface area contributed by atoms with Crippen molar-refractivity contribution in [3.05, 3.63) is 19.6 Å². The molecule has 2 atom stereocenters. The quantitative estimate of drug-likeness (QED) is 0.516. The molecule has 0 aromatic heterocycles. The standard InChI is InChI=1S/C7H12NO3/c1-3-4-11-6(5(2)9)7(8)10/h3,5-6,9H,1-2,4H2,(H2,8,10). The van der Waals surface area contributed by atoms with Gasteiger partial charge in [0.2, 0.25) is 5.91 Å². The van der Waals surface area contributed by atoms with Gasteiger partial charge in [-0.3, -0.25) is 4.79 Å². The Morgan fingerprint density at radius 3 is 2.64 bits per heavy atom. The van der Waals surface area contributed by atoms with E-state index >= 15 is 0 Å². The summed E-state index contributed by atoms with van der Waals surface area (Å²) in [6.07, 6.45) is -0.723. The third kappa shape index (κ3) is 3.75. The summed E-state index contributed by atoms with van der Waals surface area (Å²) >= 11 is 0. The molecule has 11 heavy (non-hydrogen) atoms. The Hall–Kier alpha value is -0.870. The molecule has 0 saturated heterocycles. The van der Waals surface area contributed by atoms with Crippen molar-refractivity contribution in [2.75, 3.05) is 6.61 Å². The number of aliphatic hydroxyl groups excluding tert-OH is 1. The molecule has 0 rings (SSSR count). The fourth-order valence-corrected chi connectivity index (χ4v) is 0.555. The third-order valence-electron chi connectivity index (χ3n) is 1.02. The minimum Gasteiger partial charge on any atom is -0.390 e. The van der Waals surface area contributed by atoms with Gasteiger partial charge in [0.05, 0.1) is 12.7 Å². The van der Waals surface area contributed by atoms with Crippen molar-refractivity contribution >= 4 is 5.91 Å². The Bertz CT molecular complexity index is 145. The van der Waals surface area contributed by atoms with Crippen LogP contribution in [0.2, 0.25) is 0 Å². The average Bonchev–Trinajstić information content (AvgIpc) is 1.87. The molecule has 1 amide bonds. The number of primary amides is 1. The number of amides is 1. The Balaban J connectivity index is 3.89. The van der Waals surface area contributed by atoms with Crippen molar-refractivity contribution in [3.8, 4) is 0 Å². The van der Waals surface area contributed by atoms with Gasteiger partial charge in [-0.25, -0.2) is 0 Å². The molecule has 0 bridgehead atoms. The lowest BCUT2D eigenvalue weighted by Gasteiger charge is -2.15. The molecule has 3 N–H and O–H groups in total. The van der Waals surface area contributed by atoms with E-state index in [2.05, 4.69) is 13.5 Å². The summed E-state index contributed by atoms with van der Waals surface area (Å²) in [4.78, 5) is 10.5. The van der Waals surface area contributed by atoms with Crippen molar-refractivity contribution in [1.82, 2.24) is 0 Å². The first kappa shape index (κ1) is 10.1. The summed E-state index contributed by atoms with van der Waals surface area (Å²) in [6.45, 7) is 6.75. The highest BCUT2D eigenvalue weighted by Crippen LogP contribution is 1.97. The van der Waals surface area contributed by atoms with E-state index in [1.807, 2.05) is 0 Å². The first-order chi connectivity index (χ1) is 5.09. The van der Waals surface area contributed by atoms with E-state index in [4.69, 9.17) is 15.6 Å². The third-order valence-corrected chi connectivity index (χ3v) is 1.02. The van der Waals surface area contributed by atoms with Crippen molar-refractivity contribution in [1.29, 1.82) is 0 Å². The Labute approximate surface area is 65.6 Å². The number of hydrogen-bond acceptors (Lipinski definition) is 3. The SMILES string of the molecule is [CH2]C(O)C(OCC=C)C(N)=O. The smallest absolute Gasteiger partial charge is 0.249 e. The molecule has 0 aliphatic carbocycles. The highest BCUT2D eigenvalue weighted by atomic mass is 16.5. The van der Waals surface area contributed by atoms with Gasteiger partial charge in [-0.05, 0) is 6.92 Å². The average molecular weight is 158 g/mol. The zero-order valence-corrected chi connectivity index (χ0v) is 6.19. The minimum absolute atomic E-state index is 0.167. The van der Waals surface area contributed by atoms with Crippen LogP contribution in [0, 0.1) is 6.92 Å². The summed E-state index contributed by atoms with van der Waals surface area (Å²) in [5, 5.41) is 8.84. The fourth-order valence-electron chi connectivity index (χ4n) is 0.555. The van der Waals surface area contributed by atoms with Crippen LogP contribution in [0.4, 0.5) is 0 Å². The highest BCUT2D eigenvalue weighted by molar-refractivity contribution is 5.79. The molecule has 0 saturated carbocycles. The molecule has 4 nitrogen and oxygen atoms in total. The van der Waals surface area contributed by atoms with Crippen LogP contribution in [0.15, 0.2) is 12.7 Å². The van der Waals surface area contributed by atoms with Crippen LogP contribution in [0.3, 0.4) is 0 Å². The van der Waals surface area contributed by atoms with Gasteiger partial charge in [0, 0.05) is 0 Å². The van der Waals surface area contributed by atoms with Crippen LogP contribution in [-0.2, 0) is 9.53 Å². The van der Waals surface area contributed by atoms with E-state index < -0.39 is 18.1 Å². The zero-order valence-electron chi connectivity index (χ0n) is 6.19. The molecule has 0 fully saturated rings. The number of rotatable bonds is 5. The van der Waals surface area contributed by atoms with Crippen LogP contribution >= 0.6 is 0 Å². The van der Waals surface area contributed by atoms with Gasteiger partial charge in [0.15, 0.2) is 6.10 Å². The van der Waals surface area contributed by atoms with E-state index in [-0.39, 0.29) is 6.61 Å². The number of carbonyl (C=O) groups excluding carboxylic acids is 1. The predicted molar refractivity (Wildman–Crippen MR) is 40.5 cm³/mol. The van der Waals surface area contributed by atoms with Crippen LogP contribution in [0.1, 0.15) is 0 Å². The minimum atomic E-state index is -1.13. The van der Waals surface area contributed by atoms with Crippen molar-refractivity contribution < 1.29 is 14.6 Å². The summed E-state index contributed by atoms with van der Waals surface area (Å²) in [6, 6.07) is 0. The molecular weight excluding hydrogens is 146 g/mol. The molecule has 0 aromatic carbocycles. The van der Waals surface area contributed by atoms with Gasteiger partial charge in [-0.15, -0.1) is 6.58 Å².